The van der Waals surface area contributed by atoms with Gasteiger partial charge < -0.3 is 4.74 Å². The van der Waals surface area contributed by atoms with Crippen molar-refractivity contribution in [1.29, 1.82) is 0 Å². The maximum Gasteiger partial charge on any atom is 0.263 e. The van der Waals surface area contributed by atoms with Gasteiger partial charge in [-0.2, -0.15) is 4.37 Å². The van der Waals surface area contributed by atoms with Crippen LogP contribution in [-0.4, -0.2) is 48.0 Å². The summed E-state index contributed by atoms with van der Waals surface area (Å²) in [5, 5.41) is 0.217. The molecule has 0 saturated carbocycles. The van der Waals surface area contributed by atoms with E-state index >= 15 is 0 Å². The summed E-state index contributed by atoms with van der Waals surface area (Å²) in [6, 6.07) is 5.20. The predicted molar refractivity (Wildman–Crippen MR) is 100 cm³/mol. The van der Waals surface area contributed by atoms with Crippen LogP contribution >= 0.6 is 11.5 Å². The van der Waals surface area contributed by atoms with Crippen LogP contribution in [0.25, 0.3) is 0 Å². The summed E-state index contributed by atoms with van der Waals surface area (Å²) in [5.74, 6) is 0.570. The Balaban J connectivity index is 1.60. The van der Waals surface area contributed by atoms with Gasteiger partial charge in [0.05, 0.1) is 11.5 Å². The monoisotopic (exact) mass is 412 g/mol. The fraction of sp³-hybridized carbons (Fsp3) is 0.529. The van der Waals surface area contributed by atoms with Crippen LogP contribution in [0.1, 0.15) is 37.8 Å². The van der Waals surface area contributed by atoms with Gasteiger partial charge in [-0.1, -0.05) is 6.07 Å². The number of nitrogens with one attached hydrogen (secondary N) is 1. The third-order valence-electron chi connectivity index (χ3n) is 5.15. The van der Waals surface area contributed by atoms with Gasteiger partial charge in [-0.05, 0) is 25.8 Å². The zero-order valence-corrected chi connectivity index (χ0v) is 16.5. The predicted octanol–water partition coefficient (Wildman–Crippen LogP) is 2.98. The van der Waals surface area contributed by atoms with Gasteiger partial charge in [0, 0.05) is 48.2 Å². The minimum atomic E-state index is -3.76. The number of benzene rings is 1. The largest absolute Gasteiger partial charge is 0.493 e. The number of nitrogens with zero attached hydrogens (tertiary/aromatic N) is 3. The Morgan fingerprint density at radius 3 is 2.96 bits per heavy atom. The third kappa shape index (κ3) is 3.78. The van der Waals surface area contributed by atoms with Crippen molar-refractivity contribution in [2.75, 3.05) is 17.9 Å². The molecule has 2 aliphatic rings. The molecule has 4 rings (SSSR count). The fourth-order valence-corrected chi connectivity index (χ4v) is 5.53. The number of hydrogen-bond acceptors (Lipinski definition) is 7. The summed E-state index contributed by atoms with van der Waals surface area (Å²) in [6.07, 6.45) is 2.43. The Hall–Kier alpha value is -1.78. The van der Waals surface area contributed by atoms with E-state index in [0.29, 0.717) is 31.7 Å². The van der Waals surface area contributed by atoms with Crippen LogP contribution in [0.5, 0.6) is 5.75 Å². The number of alkyl halides is 1. The molecule has 1 saturated heterocycles. The highest BCUT2D eigenvalue weighted by Gasteiger charge is 2.34. The molecule has 1 N–H and O–H groups in total. The van der Waals surface area contributed by atoms with Gasteiger partial charge in [-0.3, -0.25) is 9.62 Å². The second kappa shape index (κ2) is 7.33. The van der Waals surface area contributed by atoms with E-state index in [4.69, 9.17) is 4.74 Å². The Kier molecular flexibility index (Phi) is 5.04. The molecule has 1 aromatic carbocycles. The fourth-order valence-electron chi connectivity index (χ4n) is 3.85. The molecule has 2 aliphatic heterocycles. The van der Waals surface area contributed by atoms with Crippen molar-refractivity contribution in [3.05, 3.63) is 30.1 Å². The first-order valence-corrected chi connectivity index (χ1v) is 11.2. The maximum absolute atomic E-state index is 13.7. The van der Waals surface area contributed by atoms with Crippen molar-refractivity contribution in [3.8, 4) is 5.75 Å². The molecule has 146 valence electrons. The van der Waals surface area contributed by atoms with Gasteiger partial charge in [-0.25, -0.2) is 17.8 Å². The first-order chi connectivity index (χ1) is 12.9. The average Bonchev–Trinajstić information content (AvgIpc) is 3.13. The van der Waals surface area contributed by atoms with Crippen LogP contribution < -0.4 is 9.46 Å². The Bertz CT molecular complexity index is 907. The molecule has 3 atom stereocenters. The summed E-state index contributed by atoms with van der Waals surface area (Å²) in [6.45, 7) is 3.25. The SMILES string of the molecule is C[C@@H]1C[C@H](F)CCN1[C@H]1CCOc2cc(S(=O)(=O)Nc3ncns3)ccc21. The third-order valence-corrected chi connectivity index (χ3v) is 7.20. The molecule has 2 aromatic rings. The highest BCUT2D eigenvalue weighted by molar-refractivity contribution is 7.93. The smallest absolute Gasteiger partial charge is 0.263 e. The van der Waals surface area contributed by atoms with Gasteiger partial charge in [0.25, 0.3) is 10.0 Å². The second-order valence-corrected chi connectivity index (χ2v) is 9.38. The van der Waals surface area contributed by atoms with Gasteiger partial charge in [-0.15, -0.1) is 0 Å². The molecular formula is C17H21FN4O3S2. The Morgan fingerprint density at radius 1 is 1.37 bits per heavy atom. The lowest BCUT2D eigenvalue weighted by molar-refractivity contribution is 0.0434. The highest BCUT2D eigenvalue weighted by Crippen LogP contribution is 2.40. The Morgan fingerprint density at radius 2 is 2.22 bits per heavy atom. The summed E-state index contributed by atoms with van der Waals surface area (Å²) in [5.41, 5.74) is 0.959. The van der Waals surface area contributed by atoms with Crippen molar-refractivity contribution in [3.63, 3.8) is 0 Å². The number of ether oxygens (including phenoxy) is 1. The van der Waals surface area contributed by atoms with Crippen LogP contribution in [0.4, 0.5) is 9.52 Å². The van der Waals surface area contributed by atoms with Gasteiger partial charge in [0.2, 0.25) is 5.13 Å². The van der Waals surface area contributed by atoms with E-state index in [9.17, 15) is 12.8 Å². The van der Waals surface area contributed by atoms with E-state index < -0.39 is 16.2 Å². The van der Waals surface area contributed by atoms with Crippen LogP contribution in [-0.2, 0) is 10.0 Å². The Labute approximate surface area is 161 Å². The van der Waals surface area contributed by atoms with E-state index in [1.54, 1.807) is 12.1 Å². The van der Waals surface area contributed by atoms with Gasteiger partial charge in [0.1, 0.15) is 18.2 Å². The number of hydrogen-bond donors (Lipinski definition) is 1. The van der Waals surface area contributed by atoms with Crippen molar-refractivity contribution in [2.24, 2.45) is 0 Å². The molecule has 0 amide bonds. The molecule has 1 aromatic heterocycles. The van der Waals surface area contributed by atoms with Crippen molar-refractivity contribution < 1.29 is 17.5 Å². The number of halogens is 1. The molecule has 0 bridgehead atoms. The molecule has 0 spiro atoms. The number of fused-ring (bicyclic) bond motifs is 1. The summed E-state index contributed by atoms with van der Waals surface area (Å²) in [7, 11) is -3.76. The molecule has 27 heavy (non-hydrogen) atoms. The molecule has 10 heteroatoms. The summed E-state index contributed by atoms with van der Waals surface area (Å²) >= 11 is 0.973. The normalized spacial score (nSPS) is 26.2. The lowest BCUT2D eigenvalue weighted by atomic mass is 9.93. The van der Waals surface area contributed by atoms with E-state index in [0.717, 1.165) is 23.5 Å². The average molecular weight is 413 g/mol. The van der Waals surface area contributed by atoms with Crippen molar-refractivity contribution in [2.45, 2.75) is 49.3 Å². The number of sulfonamides is 1. The van der Waals surface area contributed by atoms with Gasteiger partial charge in [0.15, 0.2) is 0 Å². The molecule has 0 unspecified atom stereocenters. The number of anilines is 1. The van der Waals surface area contributed by atoms with Gasteiger partial charge >= 0.3 is 0 Å². The lowest BCUT2D eigenvalue weighted by Gasteiger charge is -2.42. The lowest BCUT2D eigenvalue weighted by Crippen LogP contribution is -2.45. The quantitative estimate of drug-likeness (QED) is 0.831. The minimum absolute atomic E-state index is 0.115. The maximum atomic E-state index is 13.7. The van der Waals surface area contributed by atoms with E-state index in [2.05, 4.69) is 19.0 Å². The number of rotatable bonds is 4. The van der Waals surface area contributed by atoms with E-state index in [-0.39, 0.29) is 22.1 Å². The topological polar surface area (TPSA) is 84.4 Å². The molecular weight excluding hydrogens is 391 g/mol. The molecule has 1 fully saturated rings. The number of likely N-dealkylation sites (tertiary alicyclic amines) is 1. The first-order valence-electron chi connectivity index (χ1n) is 8.90. The van der Waals surface area contributed by atoms with Crippen molar-refractivity contribution >= 4 is 26.7 Å². The summed E-state index contributed by atoms with van der Waals surface area (Å²) < 4.78 is 50.8. The molecule has 0 radical (unpaired) electrons. The second-order valence-electron chi connectivity index (χ2n) is 6.91. The molecule has 7 nitrogen and oxygen atoms in total. The minimum Gasteiger partial charge on any atom is -0.493 e. The zero-order chi connectivity index (χ0) is 19.0. The van der Waals surface area contributed by atoms with E-state index in [1.807, 2.05) is 13.0 Å². The highest BCUT2D eigenvalue weighted by atomic mass is 32.2. The zero-order valence-electron chi connectivity index (χ0n) is 14.8. The molecule has 0 aliphatic carbocycles. The van der Waals surface area contributed by atoms with Crippen molar-refractivity contribution in [1.82, 2.24) is 14.3 Å². The van der Waals surface area contributed by atoms with Crippen LogP contribution in [0.2, 0.25) is 0 Å². The van der Waals surface area contributed by atoms with Crippen LogP contribution in [0, 0.1) is 0 Å². The summed E-state index contributed by atoms with van der Waals surface area (Å²) in [4.78, 5) is 6.28. The molecule has 3 heterocycles. The van der Waals surface area contributed by atoms with Crippen LogP contribution in [0.15, 0.2) is 29.4 Å². The number of aromatic nitrogens is 2. The standard InChI is InChI=1S/C17H21FN4O3S2/c1-11-8-12(18)4-6-22(11)15-5-7-25-16-9-13(2-3-14(15)16)27(23,24)21-17-19-10-20-26-17/h2-3,9-12,15H,4-8H2,1H3,(H,19,20,21)/t11-,12-,15+/m1/s1. The van der Waals surface area contributed by atoms with E-state index in [1.165, 1.54) is 6.33 Å². The van der Waals surface area contributed by atoms with Crippen LogP contribution in [0.3, 0.4) is 0 Å². The number of piperidine rings is 1. The first kappa shape index (κ1) is 18.6.